The van der Waals surface area contributed by atoms with Crippen LogP contribution in [0.4, 0.5) is 0 Å². The Morgan fingerprint density at radius 3 is 2.80 bits per heavy atom. The Balaban J connectivity index is 3.01. The lowest BCUT2D eigenvalue weighted by Crippen LogP contribution is -2.06. The molecule has 2 heteroatoms. The number of nitrogens with zero attached hydrogens (tertiary/aromatic N) is 1. The van der Waals surface area contributed by atoms with Crippen molar-refractivity contribution in [3.8, 4) is 0 Å². The van der Waals surface area contributed by atoms with E-state index in [1.54, 1.807) is 17.7 Å². The first-order chi connectivity index (χ1) is 4.75. The van der Waals surface area contributed by atoms with E-state index in [-0.39, 0.29) is 5.91 Å². The van der Waals surface area contributed by atoms with Crippen molar-refractivity contribution in [2.24, 2.45) is 0 Å². The summed E-state index contributed by atoms with van der Waals surface area (Å²) in [6.07, 6.45) is 2.70. The molecule has 0 aliphatic heterocycles. The highest BCUT2D eigenvalue weighted by Crippen LogP contribution is 2.01. The number of hydrogen-bond acceptors (Lipinski definition) is 1. The van der Waals surface area contributed by atoms with Gasteiger partial charge in [-0.25, -0.2) is 0 Å². The zero-order chi connectivity index (χ0) is 7.56. The Labute approximate surface area is 60.5 Å². The summed E-state index contributed by atoms with van der Waals surface area (Å²) in [5.74, 6) is 0.0850. The molecule has 0 bridgehead atoms. The molecular weight excluding hydrogens is 126 g/mol. The third-order valence-electron chi connectivity index (χ3n) is 1.53. The summed E-state index contributed by atoms with van der Waals surface area (Å²) < 4.78 is 1.67. The summed E-state index contributed by atoms with van der Waals surface area (Å²) in [7, 11) is 0. The topological polar surface area (TPSA) is 22.0 Å². The number of rotatable bonds is 1. The molecule has 2 nitrogen and oxygen atoms in total. The zero-order valence-electron chi connectivity index (χ0n) is 6.29. The lowest BCUT2D eigenvalue weighted by Gasteiger charge is -1.99. The minimum Gasteiger partial charge on any atom is -0.292 e. The van der Waals surface area contributed by atoms with E-state index < -0.39 is 0 Å². The van der Waals surface area contributed by atoms with E-state index in [0.717, 1.165) is 12.1 Å². The Morgan fingerprint density at radius 2 is 2.40 bits per heavy atom. The van der Waals surface area contributed by atoms with E-state index in [9.17, 15) is 4.79 Å². The van der Waals surface area contributed by atoms with Crippen molar-refractivity contribution >= 4 is 5.91 Å². The van der Waals surface area contributed by atoms with E-state index in [0.29, 0.717) is 0 Å². The molecule has 1 aromatic heterocycles. The monoisotopic (exact) mass is 137 g/mol. The van der Waals surface area contributed by atoms with Crippen LogP contribution in [-0.2, 0) is 6.42 Å². The average Bonchev–Trinajstić information content (AvgIpc) is 2.33. The maximum atomic E-state index is 10.8. The molecule has 1 rings (SSSR count). The van der Waals surface area contributed by atoms with Crippen LogP contribution in [0, 0.1) is 0 Å². The fourth-order valence-electron chi connectivity index (χ4n) is 1.01. The van der Waals surface area contributed by atoms with Crippen LogP contribution >= 0.6 is 0 Å². The molecule has 0 saturated carbocycles. The predicted molar refractivity (Wildman–Crippen MR) is 40.1 cm³/mol. The fourth-order valence-corrected chi connectivity index (χ4v) is 1.01. The van der Waals surface area contributed by atoms with Gasteiger partial charge in [0, 0.05) is 18.8 Å². The number of carbonyl (C=O) groups excluding carboxylic acids is 1. The Hall–Kier alpha value is -1.05. The lowest BCUT2D eigenvalue weighted by atomic mass is 10.3. The van der Waals surface area contributed by atoms with Crippen molar-refractivity contribution in [1.29, 1.82) is 0 Å². The molecule has 0 fully saturated rings. The number of carbonyl (C=O) groups is 1. The van der Waals surface area contributed by atoms with Crippen molar-refractivity contribution in [3.05, 3.63) is 24.0 Å². The number of aromatic nitrogens is 1. The van der Waals surface area contributed by atoms with E-state index in [1.165, 1.54) is 0 Å². The molecular formula is C8H11NO. The van der Waals surface area contributed by atoms with Crippen molar-refractivity contribution in [3.63, 3.8) is 0 Å². The fraction of sp³-hybridized carbons (Fsp3) is 0.375. The van der Waals surface area contributed by atoms with Gasteiger partial charge in [-0.3, -0.25) is 9.36 Å². The van der Waals surface area contributed by atoms with Gasteiger partial charge in [0.1, 0.15) is 0 Å². The van der Waals surface area contributed by atoms with Crippen molar-refractivity contribution in [2.45, 2.75) is 20.3 Å². The van der Waals surface area contributed by atoms with Gasteiger partial charge in [-0.1, -0.05) is 6.92 Å². The second-order valence-corrected chi connectivity index (χ2v) is 2.24. The maximum absolute atomic E-state index is 10.8. The molecule has 0 amide bonds. The van der Waals surface area contributed by atoms with Gasteiger partial charge in [-0.05, 0) is 18.6 Å². The van der Waals surface area contributed by atoms with Gasteiger partial charge >= 0.3 is 0 Å². The smallest absolute Gasteiger partial charge is 0.227 e. The van der Waals surface area contributed by atoms with Crippen LogP contribution in [-0.4, -0.2) is 10.5 Å². The molecule has 0 atom stereocenters. The largest absolute Gasteiger partial charge is 0.292 e. The van der Waals surface area contributed by atoms with Gasteiger partial charge in [-0.2, -0.15) is 0 Å². The summed E-state index contributed by atoms with van der Waals surface area (Å²) in [6.45, 7) is 3.61. The Bertz CT molecular complexity index is 237. The molecule has 0 saturated heterocycles. The molecule has 1 aromatic rings. The van der Waals surface area contributed by atoms with E-state index in [4.69, 9.17) is 0 Å². The van der Waals surface area contributed by atoms with Crippen molar-refractivity contribution < 1.29 is 4.79 Å². The normalized spacial score (nSPS) is 9.80. The third kappa shape index (κ3) is 1.10. The quantitative estimate of drug-likeness (QED) is 0.577. The molecule has 0 radical (unpaired) electrons. The third-order valence-corrected chi connectivity index (χ3v) is 1.53. The van der Waals surface area contributed by atoms with Crippen LogP contribution in [0.25, 0.3) is 0 Å². The first kappa shape index (κ1) is 7.06. The standard InChI is InChI=1S/C8H11NO/c1-3-8-5-4-6-9(8)7(2)10/h4-6H,3H2,1-2H3. The van der Waals surface area contributed by atoms with Crippen LogP contribution in [0.15, 0.2) is 18.3 Å². The van der Waals surface area contributed by atoms with Gasteiger partial charge in [0.15, 0.2) is 0 Å². The summed E-state index contributed by atoms with van der Waals surface area (Å²) in [5.41, 5.74) is 1.08. The molecule has 0 unspecified atom stereocenters. The molecule has 10 heavy (non-hydrogen) atoms. The zero-order valence-corrected chi connectivity index (χ0v) is 6.29. The first-order valence-electron chi connectivity index (χ1n) is 3.43. The molecule has 1 heterocycles. The summed E-state index contributed by atoms with van der Waals surface area (Å²) in [6, 6.07) is 3.85. The first-order valence-corrected chi connectivity index (χ1v) is 3.43. The lowest BCUT2D eigenvalue weighted by molar-refractivity contribution is 0.0934. The molecule has 0 aromatic carbocycles. The molecule has 54 valence electrons. The molecule has 0 N–H and O–H groups in total. The summed E-state index contributed by atoms with van der Waals surface area (Å²) >= 11 is 0. The van der Waals surface area contributed by atoms with Gasteiger partial charge in [-0.15, -0.1) is 0 Å². The highest BCUT2D eigenvalue weighted by Gasteiger charge is 2.00. The van der Waals surface area contributed by atoms with Crippen LogP contribution in [0.1, 0.15) is 24.3 Å². The molecule has 0 spiro atoms. The SMILES string of the molecule is CCc1cccn1C(C)=O. The molecule has 0 aliphatic carbocycles. The van der Waals surface area contributed by atoms with Gasteiger partial charge in [0.2, 0.25) is 5.91 Å². The van der Waals surface area contributed by atoms with Gasteiger partial charge < -0.3 is 0 Å². The van der Waals surface area contributed by atoms with Crippen LogP contribution in [0.2, 0.25) is 0 Å². The number of aryl methyl sites for hydroxylation is 1. The maximum Gasteiger partial charge on any atom is 0.227 e. The second-order valence-electron chi connectivity index (χ2n) is 2.24. The predicted octanol–water partition coefficient (Wildman–Crippen LogP) is 1.71. The van der Waals surface area contributed by atoms with Gasteiger partial charge in [0.25, 0.3) is 0 Å². The van der Waals surface area contributed by atoms with Crippen LogP contribution in [0.3, 0.4) is 0 Å². The van der Waals surface area contributed by atoms with E-state index in [2.05, 4.69) is 0 Å². The summed E-state index contributed by atoms with van der Waals surface area (Å²) in [4.78, 5) is 10.8. The highest BCUT2D eigenvalue weighted by molar-refractivity contribution is 5.77. The van der Waals surface area contributed by atoms with Crippen LogP contribution in [0.5, 0.6) is 0 Å². The van der Waals surface area contributed by atoms with E-state index >= 15 is 0 Å². The van der Waals surface area contributed by atoms with E-state index in [1.807, 2.05) is 19.1 Å². The van der Waals surface area contributed by atoms with Crippen molar-refractivity contribution in [1.82, 2.24) is 4.57 Å². The summed E-state index contributed by atoms with van der Waals surface area (Å²) in [5, 5.41) is 0. The van der Waals surface area contributed by atoms with Gasteiger partial charge in [0.05, 0.1) is 0 Å². The van der Waals surface area contributed by atoms with Crippen LogP contribution < -0.4 is 0 Å². The molecule has 0 aliphatic rings. The Morgan fingerprint density at radius 1 is 1.70 bits per heavy atom. The minimum absolute atomic E-state index is 0.0850. The van der Waals surface area contributed by atoms with Crippen molar-refractivity contribution in [2.75, 3.05) is 0 Å². The minimum atomic E-state index is 0.0850. The average molecular weight is 137 g/mol. The highest BCUT2D eigenvalue weighted by atomic mass is 16.1. The second kappa shape index (κ2) is 2.69. The number of hydrogen-bond donors (Lipinski definition) is 0. The Kier molecular flexibility index (Phi) is 1.90.